The van der Waals surface area contributed by atoms with Crippen LogP contribution >= 0.6 is 21.2 Å². The highest BCUT2D eigenvalue weighted by atomic mass is 127. The smallest absolute Gasteiger partial charge is 0.402 e. The van der Waals surface area contributed by atoms with E-state index in [1.54, 1.807) is 0 Å². The minimum Gasteiger partial charge on any atom is -0.402 e. The lowest BCUT2D eigenvalue weighted by Crippen LogP contribution is -2.41. The van der Waals surface area contributed by atoms with Gasteiger partial charge in [0.15, 0.2) is 0 Å². The van der Waals surface area contributed by atoms with Crippen molar-refractivity contribution >= 4 is 35.5 Å². The van der Waals surface area contributed by atoms with Gasteiger partial charge in [-0.15, -0.1) is 0 Å². The molecule has 0 atom stereocenters. The molecule has 0 amide bonds. The normalized spacial score (nSPS) is 24.5. The van der Waals surface area contributed by atoms with Crippen molar-refractivity contribution < 1.29 is 17.7 Å². The summed E-state index contributed by atoms with van der Waals surface area (Å²) in [4.78, 5) is 0. The molecule has 1 aliphatic rings. The van der Waals surface area contributed by atoms with Crippen molar-refractivity contribution in [1.29, 1.82) is 0 Å². The van der Waals surface area contributed by atoms with E-state index < -0.39 is 25.5 Å². The van der Waals surface area contributed by atoms with Crippen molar-refractivity contribution in [3.8, 4) is 0 Å². The van der Waals surface area contributed by atoms with Gasteiger partial charge in [-0.25, -0.2) is 13.1 Å². The van der Waals surface area contributed by atoms with Crippen LogP contribution in [-0.4, -0.2) is 33.2 Å². The summed E-state index contributed by atoms with van der Waals surface area (Å²) >= 11 is 1.33. The van der Waals surface area contributed by atoms with Crippen LogP contribution in [0.15, 0.2) is 0 Å². The van der Waals surface area contributed by atoms with E-state index in [9.17, 15) is 8.42 Å². The fraction of sp³-hybridized carbons (Fsp3) is 1.00. The lowest BCUT2D eigenvalue weighted by molar-refractivity contribution is 0.00578. The van der Waals surface area contributed by atoms with Crippen molar-refractivity contribution in [2.24, 2.45) is 0 Å². The Morgan fingerprint density at radius 1 is 1.20 bits per heavy atom. The summed E-state index contributed by atoms with van der Waals surface area (Å²) in [5.74, 6) is 0. The van der Waals surface area contributed by atoms with E-state index in [0.717, 1.165) is 0 Å². The third-order valence-electron chi connectivity index (χ3n) is 2.72. The van der Waals surface area contributed by atoms with Crippen LogP contribution in [0.25, 0.3) is 0 Å². The van der Waals surface area contributed by atoms with Crippen LogP contribution in [0.3, 0.4) is 0 Å². The Kier molecular flexibility index (Phi) is 3.77. The molecule has 1 rings (SSSR count). The average molecular weight is 347 g/mol. The number of rotatable bonds is 3. The number of hydrogen-bond acceptors (Lipinski definition) is 4. The third-order valence-corrected chi connectivity index (χ3v) is 4.17. The Hall–Kier alpha value is 0.625. The predicted molar refractivity (Wildman–Crippen MR) is 67.0 cm³/mol. The second kappa shape index (κ2) is 4.13. The zero-order valence-electron chi connectivity index (χ0n) is 9.20. The molecule has 1 aliphatic heterocycles. The first-order chi connectivity index (χ1) is 6.54. The predicted octanol–water partition coefficient (Wildman–Crippen LogP) is 0.887. The summed E-state index contributed by atoms with van der Waals surface area (Å²) in [6.45, 7) is 7.69. The van der Waals surface area contributed by atoms with Gasteiger partial charge in [0.05, 0.1) is 32.4 Å². The van der Waals surface area contributed by atoms with Gasteiger partial charge < -0.3 is 9.31 Å². The summed E-state index contributed by atoms with van der Waals surface area (Å²) < 4.78 is 35.3. The second-order valence-corrected chi connectivity index (χ2v) is 9.12. The van der Waals surface area contributed by atoms with E-state index in [2.05, 4.69) is 4.72 Å². The fourth-order valence-corrected chi connectivity index (χ4v) is 2.09. The van der Waals surface area contributed by atoms with Crippen LogP contribution < -0.4 is 4.72 Å². The fourth-order valence-electron chi connectivity index (χ4n) is 1.22. The van der Waals surface area contributed by atoms with E-state index >= 15 is 0 Å². The van der Waals surface area contributed by atoms with E-state index in [0.29, 0.717) is 0 Å². The Morgan fingerprint density at radius 2 is 1.60 bits per heavy atom. The van der Waals surface area contributed by atoms with Gasteiger partial charge in [-0.1, -0.05) is 0 Å². The largest absolute Gasteiger partial charge is 0.473 e. The quantitative estimate of drug-likeness (QED) is 0.468. The molecule has 0 unspecified atom stereocenters. The highest BCUT2D eigenvalue weighted by Gasteiger charge is 2.50. The topological polar surface area (TPSA) is 64.6 Å². The second-order valence-electron chi connectivity index (χ2n) is 4.47. The first-order valence-corrected chi connectivity index (χ1v) is 8.61. The van der Waals surface area contributed by atoms with Gasteiger partial charge in [-0.2, -0.15) is 0 Å². The monoisotopic (exact) mass is 347 g/mol. The van der Waals surface area contributed by atoms with Gasteiger partial charge in [0.1, 0.15) is 0 Å². The molecule has 1 saturated heterocycles. The van der Waals surface area contributed by atoms with Crippen LogP contribution in [0.2, 0.25) is 0 Å². The number of nitrogens with one attached hydrogen (secondary N) is 1. The summed E-state index contributed by atoms with van der Waals surface area (Å²) in [5, 5.41) is 0. The average Bonchev–Trinajstić information content (AvgIpc) is 2.16. The zero-order chi connectivity index (χ0) is 11.9. The molecule has 1 heterocycles. The van der Waals surface area contributed by atoms with Gasteiger partial charge >= 0.3 is 7.12 Å². The van der Waals surface area contributed by atoms with E-state index in [1.807, 2.05) is 27.7 Å². The standard InChI is InChI=1S/C7H15BINO4S/c1-6(2)7(3,4)14-8(13-6)5-10-15(9,11)12/h10H,5H2,1-4H3. The maximum atomic E-state index is 10.9. The lowest BCUT2D eigenvalue weighted by Gasteiger charge is -2.32. The molecule has 0 saturated carbocycles. The molecule has 8 heteroatoms. The molecule has 0 radical (unpaired) electrons. The maximum absolute atomic E-state index is 10.9. The molecule has 1 N–H and O–H groups in total. The van der Waals surface area contributed by atoms with E-state index in [4.69, 9.17) is 9.31 Å². The Balaban J connectivity index is 2.57. The minimum absolute atomic E-state index is 0.137. The number of hydrogen-bond donors (Lipinski definition) is 1. The van der Waals surface area contributed by atoms with E-state index in [-0.39, 0.29) is 6.44 Å². The summed E-state index contributed by atoms with van der Waals surface area (Å²) in [6.07, 6.45) is 0.137. The SMILES string of the molecule is CC1(C)OB(CNS(=O)(=O)I)OC1(C)C. The highest BCUT2D eigenvalue weighted by Crippen LogP contribution is 2.36. The highest BCUT2D eigenvalue weighted by molar-refractivity contribution is 14.2. The van der Waals surface area contributed by atoms with Crippen molar-refractivity contribution in [2.75, 3.05) is 6.44 Å². The number of halogens is 1. The van der Waals surface area contributed by atoms with Crippen LogP contribution in [0.1, 0.15) is 27.7 Å². The summed E-state index contributed by atoms with van der Waals surface area (Å²) in [7, 11) is -3.75. The molecule has 5 nitrogen and oxygen atoms in total. The molecular formula is C7H15BINO4S. The molecule has 0 spiro atoms. The Bertz CT molecular complexity index is 327. The molecule has 0 aromatic heterocycles. The summed E-state index contributed by atoms with van der Waals surface area (Å²) in [5.41, 5.74) is -0.844. The first-order valence-electron chi connectivity index (χ1n) is 4.58. The molecule has 0 aliphatic carbocycles. The summed E-state index contributed by atoms with van der Waals surface area (Å²) in [6, 6.07) is 0. The van der Waals surface area contributed by atoms with Crippen molar-refractivity contribution in [3.63, 3.8) is 0 Å². The third kappa shape index (κ3) is 3.55. The van der Waals surface area contributed by atoms with Gasteiger partial charge in [0.25, 0.3) is 7.19 Å². The molecule has 1 fully saturated rings. The molecule has 88 valence electrons. The van der Waals surface area contributed by atoms with Gasteiger partial charge in [0.2, 0.25) is 0 Å². The zero-order valence-corrected chi connectivity index (χ0v) is 12.2. The van der Waals surface area contributed by atoms with Gasteiger partial charge in [-0.3, -0.25) is 0 Å². The van der Waals surface area contributed by atoms with Crippen LogP contribution in [0, 0.1) is 0 Å². The molecular weight excluding hydrogens is 332 g/mol. The minimum atomic E-state index is -3.23. The van der Waals surface area contributed by atoms with Crippen LogP contribution in [0.4, 0.5) is 0 Å². The van der Waals surface area contributed by atoms with Gasteiger partial charge in [-0.05, 0) is 27.7 Å². The first kappa shape index (κ1) is 13.7. The molecule has 0 bridgehead atoms. The van der Waals surface area contributed by atoms with Gasteiger partial charge in [0, 0.05) is 6.44 Å². The Morgan fingerprint density at radius 3 is 1.93 bits per heavy atom. The van der Waals surface area contributed by atoms with Crippen molar-refractivity contribution in [1.82, 2.24) is 4.72 Å². The maximum Gasteiger partial charge on any atom is 0.473 e. The van der Waals surface area contributed by atoms with Crippen molar-refractivity contribution in [2.45, 2.75) is 38.9 Å². The van der Waals surface area contributed by atoms with Crippen molar-refractivity contribution in [3.05, 3.63) is 0 Å². The molecule has 0 aromatic carbocycles. The molecule has 15 heavy (non-hydrogen) atoms. The van der Waals surface area contributed by atoms with Crippen LogP contribution in [0.5, 0.6) is 0 Å². The van der Waals surface area contributed by atoms with Crippen LogP contribution in [-0.2, 0) is 16.5 Å². The lowest BCUT2D eigenvalue weighted by atomic mass is 9.90. The molecule has 0 aromatic rings. The van der Waals surface area contributed by atoms with E-state index in [1.165, 1.54) is 21.2 Å². The Labute approximate surface area is 103 Å².